The molecule has 76 valence electrons. The SMILES string of the molecule is Cc1nc(-c2cccs2)sc1CCC#N. The van der Waals surface area contributed by atoms with E-state index in [2.05, 4.69) is 22.5 Å². The fraction of sp³-hybridized carbons (Fsp3) is 0.273. The van der Waals surface area contributed by atoms with E-state index in [1.165, 1.54) is 9.75 Å². The average molecular weight is 234 g/mol. The lowest BCUT2D eigenvalue weighted by atomic mass is 10.2. The minimum atomic E-state index is 0.576. The van der Waals surface area contributed by atoms with Crippen LogP contribution in [0.4, 0.5) is 0 Å². The van der Waals surface area contributed by atoms with Gasteiger partial charge >= 0.3 is 0 Å². The number of thiophene rings is 1. The first kappa shape index (κ1) is 10.3. The minimum absolute atomic E-state index is 0.576. The molecule has 0 aliphatic heterocycles. The molecule has 2 nitrogen and oxygen atoms in total. The zero-order chi connectivity index (χ0) is 10.7. The molecule has 0 aromatic carbocycles. The fourth-order valence-corrected chi connectivity index (χ4v) is 3.19. The lowest BCUT2D eigenvalue weighted by Gasteiger charge is -1.89. The maximum Gasteiger partial charge on any atom is 0.133 e. The Kier molecular flexibility index (Phi) is 3.14. The van der Waals surface area contributed by atoms with Gasteiger partial charge in [-0.2, -0.15) is 5.26 Å². The number of nitrogens with zero attached hydrogens (tertiary/aromatic N) is 2. The van der Waals surface area contributed by atoms with Gasteiger partial charge in [-0.05, 0) is 24.8 Å². The normalized spacial score (nSPS) is 10.1. The summed E-state index contributed by atoms with van der Waals surface area (Å²) in [5, 5.41) is 11.7. The van der Waals surface area contributed by atoms with Crippen molar-refractivity contribution in [3.8, 4) is 16.0 Å². The van der Waals surface area contributed by atoms with Crippen LogP contribution < -0.4 is 0 Å². The topological polar surface area (TPSA) is 36.7 Å². The van der Waals surface area contributed by atoms with Gasteiger partial charge in [-0.1, -0.05) is 6.07 Å². The Morgan fingerprint density at radius 2 is 2.40 bits per heavy atom. The average Bonchev–Trinajstić information content (AvgIpc) is 2.83. The molecule has 0 spiro atoms. The summed E-state index contributed by atoms with van der Waals surface area (Å²) in [5.41, 5.74) is 1.07. The van der Waals surface area contributed by atoms with Crippen LogP contribution >= 0.6 is 22.7 Å². The Labute approximate surface area is 96.8 Å². The summed E-state index contributed by atoms with van der Waals surface area (Å²) >= 11 is 3.41. The van der Waals surface area contributed by atoms with E-state index in [1.54, 1.807) is 22.7 Å². The molecule has 0 saturated carbocycles. The van der Waals surface area contributed by atoms with Crippen LogP contribution in [-0.4, -0.2) is 4.98 Å². The van der Waals surface area contributed by atoms with Crippen molar-refractivity contribution in [1.29, 1.82) is 5.26 Å². The van der Waals surface area contributed by atoms with Crippen molar-refractivity contribution in [3.63, 3.8) is 0 Å². The number of nitriles is 1. The lowest BCUT2D eigenvalue weighted by Crippen LogP contribution is -1.82. The molecule has 2 aromatic rings. The van der Waals surface area contributed by atoms with Crippen molar-refractivity contribution in [3.05, 3.63) is 28.1 Å². The van der Waals surface area contributed by atoms with E-state index in [4.69, 9.17) is 5.26 Å². The molecule has 0 atom stereocenters. The monoisotopic (exact) mass is 234 g/mol. The second kappa shape index (κ2) is 4.56. The van der Waals surface area contributed by atoms with Crippen molar-refractivity contribution < 1.29 is 0 Å². The zero-order valence-corrected chi connectivity index (χ0v) is 9.99. The van der Waals surface area contributed by atoms with Gasteiger partial charge in [0.25, 0.3) is 0 Å². The molecular formula is C11H10N2S2. The molecule has 0 radical (unpaired) electrons. The van der Waals surface area contributed by atoms with Crippen molar-refractivity contribution in [2.75, 3.05) is 0 Å². The predicted molar refractivity (Wildman–Crippen MR) is 64.1 cm³/mol. The van der Waals surface area contributed by atoms with Crippen LogP contribution in [0.25, 0.3) is 9.88 Å². The van der Waals surface area contributed by atoms with E-state index in [0.717, 1.165) is 17.1 Å². The number of aromatic nitrogens is 1. The summed E-state index contributed by atoms with van der Waals surface area (Å²) in [4.78, 5) is 6.98. The van der Waals surface area contributed by atoms with Crippen molar-refractivity contribution in [2.45, 2.75) is 19.8 Å². The van der Waals surface area contributed by atoms with Gasteiger partial charge in [-0.25, -0.2) is 4.98 Å². The summed E-state index contributed by atoms with van der Waals surface area (Å²) in [6.07, 6.45) is 1.40. The molecule has 2 aromatic heterocycles. The Hall–Kier alpha value is -1.18. The second-order valence-electron chi connectivity index (χ2n) is 3.16. The summed E-state index contributed by atoms with van der Waals surface area (Å²) in [6, 6.07) is 6.28. The highest BCUT2D eigenvalue weighted by atomic mass is 32.1. The predicted octanol–water partition coefficient (Wildman–Crippen LogP) is 3.64. The molecule has 2 heterocycles. The van der Waals surface area contributed by atoms with Gasteiger partial charge in [0.15, 0.2) is 0 Å². The maximum absolute atomic E-state index is 8.55. The molecule has 2 rings (SSSR count). The Morgan fingerprint density at radius 3 is 3.07 bits per heavy atom. The van der Waals surface area contributed by atoms with Gasteiger partial charge in [0.2, 0.25) is 0 Å². The van der Waals surface area contributed by atoms with E-state index in [-0.39, 0.29) is 0 Å². The highest BCUT2D eigenvalue weighted by Gasteiger charge is 2.09. The highest BCUT2D eigenvalue weighted by molar-refractivity contribution is 7.21. The molecule has 0 saturated heterocycles. The fourth-order valence-electron chi connectivity index (χ4n) is 1.34. The summed E-state index contributed by atoms with van der Waals surface area (Å²) < 4.78 is 0. The first-order chi connectivity index (χ1) is 7.31. The van der Waals surface area contributed by atoms with E-state index in [1.807, 2.05) is 13.0 Å². The third-order valence-electron chi connectivity index (χ3n) is 2.09. The van der Waals surface area contributed by atoms with Crippen molar-refractivity contribution >= 4 is 22.7 Å². The number of hydrogen-bond donors (Lipinski definition) is 0. The summed E-state index contributed by atoms with van der Waals surface area (Å²) in [5.74, 6) is 0. The Bertz CT molecular complexity index is 477. The molecule has 15 heavy (non-hydrogen) atoms. The van der Waals surface area contributed by atoms with Crippen LogP contribution in [0.2, 0.25) is 0 Å². The van der Waals surface area contributed by atoms with E-state index in [9.17, 15) is 0 Å². The van der Waals surface area contributed by atoms with Gasteiger partial charge in [0, 0.05) is 11.3 Å². The number of thiazole rings is 1. The van der Waals surface area contributed by atoms with Crippen LogP contribution in [0.5, 0.6) is 0 Å². The number of hydrogen-bond acceptors (Lipinski definition) is 4. The van der Waals surface area contributed by atoms with Crippen LogP contribution in [0.15, 0.2) is 17.5 Å². The van der Waals surface area contributed by atoms with E-state index >= 15 is 0 Å². The molecule has 0 N–H and O–H groups in total. The summed E-state index contributed by atoms with van der Waals surface area (Å²) in [6.45, 7) is 2.01. The van der Waals surface area contributed by atoms with Crippen LogP contribution in [0, 0.1) is 18.3 Å². The minimum Gasteiger partial charge on any atom is -0.240 e. The molecule has 0 fully saturated rings. The van der Waals surface area contributed by atoms with Crippen molar-refractivity contribution in [2.24, 2.45) is 0 Å². The second-order valence-corrected chi connectivity index (χ2v) is 5.19. The molecular weight excluding hydrogens is 224 g/mol. The van der Waals surface area contributed by atoms with E-state index < -0.39 is 0 Å². The lowest BCUT2D eigenvalue weighted by molar-refractivity contribution is 1.01. The van der Waals surface area contributed by atoms with Crippen LogP contribution in [0.3, 0.4) is 0 Å². The van der Waals surface area contributed by atoms with E-state index in [0.29, 0.717) is 6.42 Å². The number of rotatable bonds is 3. The van der Waals surface area contributed by atoms with Gasteiger partial charge in [-0.15, -0.1) is 22.7 Å². The molecule has 0 aliphatic carbocycles. The highest BCUT2D eigenvalue weighted by Crippen LogP contribution is 2.31. The third-order valence-corrected chi connectivity index (χ3v) is 4.34. The molecule has 0 aliphatic rings. The number of aryl methyl sites for hydroxylation is 2. The molecule has 0 bridgehead atoms. The zero-order valence-electron chi connectivity index (χ0n) is 8.36. The van der Waals surface area contributed by atoms with Gasteiger partial charge < -0.3 is 0 Å². The van der Waals surface area contributed by atoms with Crippen LogP contribution in [0.1, 0.15) is 17.0 Å². The maximum atomic E-state index is 8.55. The van der Waals surface area contributed by atoms with Crippen molar-refractivity contribution in [1.82, 2.24) is 4.98 Å². The quantitative estimate of drug-likeness (QED) is 0.813. The molecule has 0 amide bonds. The van der Waals surface area contributed by atoms with Gasteiger partial charge in [0.05, 0.1) is 16.6 Å². The Balaban J connectivity index is 2.26. The van der Waals surface area contributed by atoms with Crippen LogP contribution in [-0.2, 0) is 6.42 Å². The Morgan fingerprint density at radius 1 is 1.53 bits per heavy atom. The third kappa shape index (κ3) is 2.25. The molecule has 0 unspecified atom stereocenters. The standard InChI is InChI=1S/C11H10N2S2/c1-8-9(4-2-6-12)15-11(13-8)10-5-3-7-14-10/h3,5,7H,2,4H2,1H3. The largest absolute Gasteiger partial charge is 0.240 e. The van der Waals surface area contributed by atoms with Gasteiger partial charge in [-0.3, -0.25) is 0 Å². The first-order valence-corrected chi connectivity index (χ1v) is 6.38. The first-order valence-electron chi connectivity index (χ1n) is 4.68. The van der Waals surface area contributed by atoms with Gasteiger partial charge in [0.1, 0.15) is 5.01 Å². The summed E-state index contributed by atoms with van der Waals surface area (Å²) in [7, 11) is 0. The smallest absolute Gasteiger partial charge is 0.133 e. The molecule has 4 heteroatoms.